The van der Waals surface area contributed by atoms with E-state index in [1.54, 1.807) is 18.4 Å². The van der Waals surface area contributed by atoms with E-state index in [1.807, 2.05) is 29.9 Å². The van der Waals surface area contributed by atoms with Crippen LogP contribution in [-0.4, -0.2) is 12.1 Å². The lowest BCUT2D eigenvalue weighted by Crippen LogP contribution is -1.98. The predicted molar refractivity (Wildman–Crippen MR) is 67.4 cm³/mol. The molecule has 1 N–H and O–H groups in total. The van der Waals surface area contributed by atoms with Gasteiger partial charge in [0, 0.05) is 17.1 Å². The van der Waals surface area contributed by atoms with Crippen LogP contribution in [0.3, 0.4) is 0 Å². The molecule has 0 fully saturated rings. The Morgan fingerprint density at radius 1 is 1.50 bits per heavy atom. The SMILES string of the molecule is COc1ccc(Cl)c(NCc2cncs2)c1. The van der Waals surface area contributed by atoms with E-state index < -0.39 is 0 Å². The van der Waals surface area contributed by atoms with Crippen molar-refractivity contribution in [2.75, 3.05) is 12.4 Å². The van der Waals surface area contributed by atoms with Gasteiger partial charge >= 0.3 is 0 Å². The minimum Gasteiger partial charge on any atom is -0.497 e. The molecule has 0 atom stereocenters. The predicted octanol–water partition coefficient (Wildman–Crippen LogP) is 3.42. The highest BCUT2D eigenvalue weighted by Gasteiger charge is 2.02. The quantitative estimate of drug-likeness (QED) is 0.908. The van der Waals surface area contributed by atoms with Gasteiger partial charge in [0.1, 0.15) is 5.75 Å². The summed E-state index contributed by atoms with van der Waals surface area (Å²) in [6, 6.07) is 5.53. The molecule has 2 rings (SSSR count). The lowest BCUT2D eigenvalue weighted by atomic mass is 10.3. The molecule has 5 heteroatoms. The van der Waals surface area contributed by atoms with Gasteiger partial charge in [0.05, 0.1) is 29.9 Å². The number of thiazole rings is 1. The number of halogens is 1. The van der Waals surface area contributed by atoms with Crippen molar-refractivity contribution in [3.8, 4) is 5.75 Å². The fraction of sp³-hybridized carbons (Fsp3) is 0.182. The van der Waals surface area contributed by atoms with E-state index in [1.165, 1.54) is 4.88 Å². The van der Waals surface area contributed by atoms with Crippen LogP contribution in [0.2, 0.25) is 5.02 Å². The Morgan fingerprint density at radius 3 is 3.06 bits per heavy atom. The third kappa shape index (κ3) is 2.65. The number of benzene rings is 1. The van der Waals surface area contributed by atoms with Gasteiger partial charge in [0.2, 0.25) is 0 Å². The zero-order valence-corrected chi connectivity index (χ0v) is 10.3. The van der Waals surface area contributed by atoms with Crippen LogP contribution in [-0.2, 0) is 6.54 Å². The summed E-state index contributed by atoms with van der Waals surface area (Å²) in [6.45, 7) is 0.720. The molecule has 0 bridgehead atoms. The van der Waals surface area contributed by atoms with Crippen molar-refractivity contribution >= 4 is 28.6 Å². The van der Waals surface area contributed by atoms with Gasteiger partial charge in [-0.2, -0.15) is 0 Å². The highest BCUT2D eigenvalue weighted by molar-refractivity contribution is 7.09. The van der Waals surface area contributed by atoms with Gasteiger partial charge in [-0.05, 0) is 12.1 Å². The summed E-state index contributed by atoms with van der Waals surface area (Å²) in [5, 5.41) is 3.93. The van der Waals surface area contributed by atoms with Crippen molar-refractivity contribution < 1.29 is 4.74 Å². The van der Waals surface area contributed by atoms with Crippen molar-refractivity contribution in [3.05, 3.63) is 39.8 Å². The summed E-state index contributed by atoms with van der Waals surface area (Å²) in [4.78, 5) is 5.18. The van der Waals surface area contributed by atoms with Crippen molar-refractivity contribution in [2.45, 2.75) is 6.54 Å². The maximum Gasteiger partial charge on any atom is 0.121 e. The number of aromatic nitrogens is 1. The van der Waals surface area contributed by atoms with E-state index in [-0.39, 0.29) is 0 Å². The van der Waals surface area contributed by atoms with E-state index in [4.69, 9.17) is 16.3 Å². The van der Waals surface area contributed by atoms with Gasteiger partial charge in [-0.1, -0.05) is 11.6 Å². The zero-order valence-electron chi connectivity index (χ0n) is 8.74. The summed E-state index contributed by atoms with van der Waals surface area (Å²) < 4.78 is 5.14. The lowest BCUT2D eigenvalue weighted by Gasteiger charge is -2.08. The molecule has 2 aromatic rings. The normalized spacial score (nSPS) is 10.1. The molecule has 1 heterocycles. The molecular formula is C11H11ClN2OS. The van der Waals surface area contributed by atoms with Gasteiger partial charge in [-0.3, -0.25) is 4.98 Å². The number of nitrogens with one attached hydrogen (secondary N) is 1. The molecule has 0 saturated heterocycles. The molecule has 0 saturated carbocycles. The first-order valence-corrected chi connectivity index (χ1v) is 6.00. The highest BCUT2D eigenvalue weighted by Crippen LogP contribution is 2.27. The Bertz CT molecular complexity index is 459. The minimum absolute atomic E-state index is 0.685. The Hall–Kier alpha value is -1.26. The summed E-state index contributed by atoms with van der Waals surface area (Å²) in [7, 11) is 1.64. The van der Waals surface area contributed by atoms with Crippen LogP contribution in [0.15, 0.2) is 29.9 Å². The number of nitrogens with zero attached hydrogens (tertiary/aromatic N) is 1. The smallest absolute Gasteiger partial charge is 0.121 e. The summed E-state index contributed by atoms with van der Waals surface area (Å²) in [5.41, 5.74) is 2.68. The molecule has 0 spiro atoms. The van der Waals surface area contributed by atoms with Gasteiger partial charge in [0.25, 0.3) is 0 Å². The average molecular weight is 255 g/mol. The average Bonchev–Trinajstić information content (AvgIpc) is 2.81. The molecule has 0 unspecified atom stereocenters. The van der Waals surface area contributed by atoms with E-state index in [9.17, 15) is 0 Å². The first kappa shape index (κ1) is 11.2. The van der Waals surface area contributed by atoms with Gasteiger partial charge in [-0.25, -0.2) is 0 Å². The van der Waals surface area contributed by atoms with Crippen molar-refractivity contribution in [1.82, 2.24) is 4.98 Å². The highest BCUT2D eigenvalue weighted by atomic mass is 35.5. The lowest BCUT2D eigenvalue weighted by molar-refractivity contribution is 0.415. The van der Waals surface area contributed by atoms with Crippen molar-refractivity contribution in [3.63, 3.8) is 0 Å². The number of rotatable bonds is 4. The maximum atomic E-state index is 6.06. The third-order valence-corrected chi connectivity index (χ3v) is 3.22. The van der Waals surface area contributed by atoms with Crippen molar-refractivity contribution in [2.24, 2.45) is 0 Å². The summed E-state index contributed by atoms with van der Waals surface area (Å²) in [5.74, 6) is 0.788. The van der Waals surface area contributed by atoms with E-state index >= 15 is 0 Å². The molecule has 1 aromatic heterocycles. The third-order valence-electron chi connectivity index (χ3n) is 2.11. The van der Waals surface area contributed by atoms with Gasteiger partial charge in [-0.15, -0.1) is 11.3 Å². The molecule has 3 nitrogen and oxygen atoms in total. The van der Waals surface area contributed by atoms with Crippen LogP contribution >= 0.6 is 22.9 Å². The molecule has 0 aliphatic heterocycles. The van der Waals surface area contributed by atoms with Gasteiger partial charge < -0.3 is 10.1 Å². The Kier molecular flexibility index (Phi) is 3.64. The molecule has 1 aromatic carbocycles. The first-order valence-electron chi connectivity index (χ1n) is 4.74. The molecule has 0 aliphatic carbocycles. The topological polar surface area (TPSA) is 34.1 Å². The van der Waals surface area contributed by atoms with Crippen LogP contribution in [0.5, 0.6) is 5.75 Å². The standard InChI is InChI=1S/C11H11ClN2OS/c1-15-8-2-3-10(12)11(4-8)14-6-9-5-13-7-16-9/h2-5,7,14H,6H2,1H3. The molecule has 16 heavy (non-hydrogen) atoms. The van der Waals surface area contributed by atoms with Crippen LogP contribution in [0.1, 0.15) is 4.88 Å². The minimum atomic E-state index is 0.685. The van der Waals surface area contributed by atoms with E-state index in [0.717, 1.165) is 18.0 Å². The van der Waals surface area contributed by atoms with E-state index in [2.05, 4.69) is 10.3 Å². The second-order valence-electron chi connectivity index (χ2n) is 3.17. The zero-order chi connectivity index (χ0) is 11.4. The van der Waals surface area contributed by atoms with Gasteiger partial charge in [0.15, 0.2) is 0 Å². The van der Waals surface area contributed by atoms with Crippen LogP contribution in [0.4, 0.5) is 5.69 Å². The number of anilines is 1. The Labute approximate surface area is 103 Å². The monoisotopic (exact) mass is 254 g/mol. The number of hydrogen-bond donors (Lipinski definition) is 1. The van der Waals surface area contributed by atoms with Crippen molar-refractivity contribution in [1.29, 1.82) is 0 Å². The van der Waals surface area contributed by atoms with Crippen LogP contribution in [0, 0.1) is 0 Å². The fourth-order valence-corrected chi connectivity index (χ4v) is 2.00. The molecule has 0 radical (unpaired) electrons. The molecule has 0 amide bonds. The van der Waals surface area contributed by atoms with Crippen LogP contribution < -0.4 is 10.1 Å². The summed E-state index contributed by atoms with van der Waals surface area (Å²) in [6.07, 6.45) is 1.84. The fourth-order valence-electron chi connectivity index (χ4n) is 1.28. The number of methoxy groups -OCH3 is 1. The molecule has 84 valence electrons. The number of hydrogen-bond acceptors (Lipinski definition) is 4. The summed E-state index contributed by atoms with van der Waals surface area (Å²) >= 11 is 7.67. The second kappa shape index (κ2) is 5.18. The Balaban J connectivity index is 2.08. The maximum absolute atomic E-state index is 6.06. The largest absolute Gasteiger partial charge is 0.497 e. The van der Waals surface area contributed by atoms with E-state index in [0.29, 0.717) is 5.02 Å². The molecule has 0 aliphatic rings. The number of ether oxygens (including phenoxy) is 1. The second-order valence-corrected chi connectivity index (χ2v) is 4.55. The Morgan fingerprint density at radius 2 is 2.38 bits per heavy atom. The first-order chi connectivity index (χ1) is 7.79. The van der Waals surface area contributed by atoms with Crippen LogP contribution in [0.25, 0.3) is 0 Å². The molecular weight excluding hydrogens is 244 g/mol.